The first kappa shape index (κ1) is 12.2. The number of benzene rings is 1. The molecule has 0 radical (unpaired) electrons. The second-order valence-electron chi connectivity index (χ2n) is 5.05. The highest BCUT2D eigenvalue weighted by molar-refractivity contribution is 5.39. The van der Waals surface area contributed by atoms with Gasteiger partial charge in [0.05, 0.1) is 18.8 Å². The lowest BCUT2D eigenvalue weighted by atomic mass is 9.86. The zero-order valence-electron chi connectivity index (χ0n) is 11.2. The summed E-state index contributed by atoms with van der Waals surface area (Å²) in [5, 5.41) is 15.0. The summed E-state index contributed by atoms with van der Waals surface area (Å²) in [5.74, 6) is 0.787. The molecule has 0 amide bonds. The van der Waals surface area contributed by atoms with E-state index in [9.17, 15) is 5.11 Å². The molecule has 2 aromatic rings. The van der Waals surface area contributed by atoms with Gasteiger partial charge in [0, 0.05) is 6.20 Å². The minimum Gasteiger partial charge on any atom is -0.497 e. The van der Waals surface area contributed by atoms with Crippen LogP contribution in [0.4, 0.5) is 0 Å². The fourth-order valence-electron chi connectivity index (χ4n) is 2.77. The molecular formula is C15H18N2O2. The molecule has 19 heavy (non-hydrogen) atoms. The number of aliphatic hydroxyl groups is 1. The van der Waals surface area contributed by atoms with Gasteiger partial charge in [-0.1, -0.05) is 6.07 Å². The van der Waals surface area contributed by atoms with Crippen molar-refractivity contribution in [3.8, 4) is 5.75 Å². The van der Waals surface area contributed by atoms with Crippen molar-refractivity contribution < 1.29 is 9.84 Å². The normalized spacial score (nSPS) is 22.1. The summed E-state index contributed by atoms with van der Waals surface area (Å²) < 4.78 is 7.12. The van der Waals surface area contributed by atoms with Crippen LogP contribution >= 0.6 is 0 Å². The molecule has 4 heteroatoms. The van der Waals surface area contributed by atoms with E-state index in [1.807, 2.05) is 42.1 Å². The lowest BCUT2D eigenvalue weighted by molar-refractivity contribution is 0.0918. The fraction of sp³-hybridized carbons (Fsp3) is 0.400. The molecule has 1 aromatic carbocycles. The second kappa shape index (κ2) is 4.70. The van der Waals surface area contributed by atoms with Crippen LogP contribution in [0.25, 0.3) is 0 Å². The van der Waals surface area contributed by atoms with Gasteiger partial charge in [0.15, 0.2) is 0 Å². The third-order valence-electron chi connectivity index (χ3n) is 3.83. The fourth-order valence-corrected chi connectivity index (χ4v) is 2.77. The molecule has 0 fully saturated rings. The number of hydrogen-bond donors (Lipinski definition) is 1. The predicted molar refractivity (Wildman–Crippen MR) is 72.3 cm³/mol. The van der Waals surface area contributed by atoms with E-state index >= 15 is 0 Å². The van der Waals surface area contributed by atoms with Gasteiger partial charge in [0.25, 0.3) is 0 Å². The molecule has 1 aliphatic rings. The Bertz CT molecular complexity index is 592. The standard InChI is InChI=1S/C15H18N2O2/c1-10-7-8-17(16-10)14-6-4-11-3-5-12(19-2)9-13(11)15(14)18/h3,5,7-9,14-15,18H,4,6H2,1-2H3. The van der Waals surface area contributed by atoms with Gasteiger partial charge in [-0.15, -0.1) is 0 Å². The maximum absolute atomic E-state index is 10.6. The van der Waals surface area contributed by atoms with Gasteiger partial charge >= 0.3 is 0 Å². The summed E-state index contributed by atoms with van der Waals surface area (Å²) >= 11 is 0. The maximum Gasteiger partial charge on any atom is 0.119 e. The van der Waals surface area contributed by atoms with Gasteiger partial charge in [-0.25, -0.2) is 0 Å². The van der Waals surface area contributed by atoms with E-state index in [0.29, 0.717) is 0 Å². The van der Waals surface area contributed by atoms with Crippen molar-refractivity contribution in [3.05, 3.63) is 47.3 Å². The van der Waals surface area contributed by atoms with E-state index in [4.69, 9.17) is 4.74 Å². The van der Waals surface area contributed by atoms with Gasteiger partial charge < -0.3 is 9.84 Å². The van der Waals surface area contributed by atoms with Crippen LogP contribution in [0.15, 0.2) is 30.5 Å². The third-order valence-corrected chi connectivity index (χ3v) is 3.83. The van der Waals surface area contributed by atoms with Crippen molar-refractivity contribution in [1.82, 2.24) is 9.78 Å². The Kier molecular flexibility index (Phi) is 3.03. The van der Waals surface area contributed by atoms with Crippen molar-refractivity contribution in [3.63, 3.8) is 0 Å². The molecule has 4 nitrogen and oxygen atoms in total. The van der Waals surface area contributed by atoms with Gasteiger partial charge in [-0.05, 0) is 49.1 Å². The van der Waals surface area contributed by atoms with Gasteiger partial charge in [-0.2, -0.15) is 5.10 Å². The van der Waals surface area contributed by atoms with Gasteiger partial charge in [-0.3, -0.25) is 4.68 Å². The van der Waals surface area contributed by atoms with E-state index in [-0.39, 0.29) is 6.04 Å². The van der Waals surface area contributed by atoms with E-state index in [0.717, 1.165) is 29.8 Å². The predicted octanol–water partition coefficient (Wildman–Crippen LogP) is 2.42. The number of rotatable bonds is 2. The summed E-state index contributed by atoms with van der Waals surface area (Å²) in [6, 6.07) is 7.90. The number of aliphatic hydroxyl groups excluding tert-OH is 1. The molecule has 0 bridgehead atoms. The van der Waals surface area contributed by atoms with E-state index in [1.165, 1.54) is 5.56 Å². The van der Waals surface area contributed by atoms with Gasteiger partial charge in [0.1, 0.15) is 11.9 Å². The van der Waals surface area contributed by atoms with Gasteiger partial charge in [0.2, 0.25) is 0 Å². The van der Waals surface area contributed by atoms with E-state index < -0.39 is 6.10 Å². The molecule has 1 aromatic heterocycles. The van der Waals surface area contributed by atoms with Crippen LogP contribution in [0.2, 0.25) is 0 Å². The molecule has 0 saturated carbocycles. The van der Waals surface area contributed by atoms with Crippen molar-refractivity contribution in [2.45, 2.75) is 31.9 Å². The highest BCUT2D eigenvalue weighted by Crippen LogP contribution is 2.38. The summed E-state index contributed by atoms with van der Waals surface area (Å²) in [6.45, 7) is 1.96. The van der Waals surface area contributed by atoms with Crippen LogP contribution in [-0.2, 0) is 6.42 Å². The molecular weight excluding hydrogens is 240 g/mol. The molecule has 100 valence electrons. The Hall–Kier alpha value is -1.81. The molecule has 0 saturated heterocycles. The number of methoxy groups -OCH3 is 1. The smallest absolute Gasteiger partial charge is 0.119 e. The molecule has 1 heterocycles. The average Bonchev–Trinajstić information content (AvgIpc) is 2.85. The summed E-state index contributed by atoms with van der Waals surface area (Å²) in [5.41, 5.74) is 3.14. The lowest BCUT2D eigenvalue weighted by Gasteiger charge is -2.30. The Morgan fingerprint density at radius 1 is 1.37 bits per heavy atom. The van der Waals surface area contributed by atoms with E-state index in [2.05, 4.69) is 5.10 Å². The van der Waals surface area contributed by atoms with Crippen LogP contribution in [0.1, 0.15) is 35.4 Å². The summed E-state index contributed by atoms with van der Waals surface area (Å²) in [6.07, 6.45) is 3.27. The largest absolute Gasteiger partial charge is 0.497 e. The molecule has 3 rings (SSSR count). The Morgan fingerprint density at radius 3 is 2.89 bits per heavy atom. The molecule has 2 unspecified atom stereocenters. The number of fused-ring (bicyclic) bond motifs is 1. The van der Waals surface area contributed by atoms with E-state index in [1.54, 1.807) is 7.11 Å². The van der Waals surface area contributed by atoms with Crippen molar-refractivity contribution in [2.75, 3.05) is 7.11 Å². The first-order valence-corrected chi connectivity index (χ1v) is 6.55. The number of aryl methyl sites for hydroxylation is 2. The van der Waals surface area contributed by atoms with Crippen LogP contribution < -0.4 is 4.74 Å². The van der Waals surface area contributed by atoms with Crippen LogP contribution in [0, 0.1) is 6.92 Å². The monoisotopic (exact) mass is 258 g/mol. The minimum atomic E-state index is -0.529. The minimum absolute atomic E-state index is 0.00769. The zero-order chi connectivity index (χ0) is 13.4. The average molecular weight is 258 g/mol. The summed E-state index contributed by atoms with van der Waals surface area (Å²) in [4.78, 5) is 0. The highest BCUT2D eigenvalue weighted by Gasteiger charge is 2.30. The maximum atomic E-state index is 10.6. The Morgan fingerprint density at radius 2 is 2.21 bits per heavy atom. The van der Waals surface area contributed by atoms with Crippen molar-refractivity contribution >= 4 is 0 Å². The molecule has 1 aliphatic carbocycles. The third kappa shape index (κ3) is 2.12. The SMILES string of the molecule is COc1ccc2c(c1)C(O)C(n1ccc(C)n1)CC2. The first-order chi connectivity index (χ1) is 9.19. The van der Waals surface area contributed by atoms with Crippen LogP contribution in [0.5, 0.6) is 5.75 Å². The van der Waals surface area contributed by atoms with Crippen LogP contribution in [0.3, 0.4) is 0 Å². The first-order valence-electron chi connectivity index (χ1n) is 6.55. The molecule has 0 aliphatic heterocycles. The number of aromatic nitrogens is 2. The number of nitrogens with zero attached hydrogens (tertiary/aromatic N) is 2. The quantitative estimate of drug-likeness (QED) is 0.900. The Labute approximate surface area is 112 Å². The lowest BCUT2D eigenvalue weighted by Crippen LogP contribution is -2.24. The number of hydrogen-bond acceptors (Lipinski definition) is 3. The molecule has 0 spiro atoms. The molecule has 2 atom stereocenters. The van der Waals surface area contributed by atoms with Crippen molar-refractivity contribution in [2.24, 2.45) is 0 Å². The summed E-state index contributed by atoms with van der Waals surface area (Å²) in [7, 11) is 1.64. The zero-order valence-corrected chi connectivity index (χ0v) is 11.2. The Balaban J connectivity index is 1.96. The second-order valence-corrected chi connectivity index (χ2v) is 5.05. The number of ether oxygens (including phenoxy) is 1. The highest BCUT2D eigenvalue weighted by atomic mass is 16.5. The van der Waals surface area contributed by atoms with Crippen LogP contribution in [-0.4, -0.2) is 22.0 Å². The van der Waals surface area contributed by atoms with Crippen molar-refractivity contribution in [1.29, 1.82) is 0 Å². The molecule has 1 N–H and O–H groups in total. The topological polar surface area (TPSA) is 47.3 Å².